The van der Waals surface area contributed by atoms with Crippen LogP contribution in [0.5, 0.6) is 0 Å². The standard InChI is InChI=1S/C16H23ClN2O4/c1-23-10-15(21)18-11-16(22)5-6-19(9-14(16)20)8-12-3-2-4-13(17)7-12/h2-4,7,14,20,22H,5-6,8-11H2,1H3,(H,18,21)/t14-,16-/m1/s1. The molecule has 0 bridgehead atoms. The van der Waals surface area contributed by atoms with Crippen LogP contribution in [0, 0.1) is 0 Å². The molecule has 1 aliphatic heterocycles. The summed E-state index contributed by atoms with van der Waals surface area (Å²) in [5.74, 6) is -0.311. The number of carbonyl (C=O) groups is 1. The van der Waals surface area contributed by atoms with Crippen LogP contribution in [0.4, 0.5) is 0 Å². The first kappa shape index (κ1) is 18.2. The number of likely N-dealkylation sites (tertiary alicyclic amines) is 1. The van der Waals surface area contributed by atoms with E-state index in [1.165, 1.54) is 7.11 Å². The third-order valence-corrected chi connectivity index (χ3v) is 4.31. The summed E-state index contributed by atoms with van der Waals surface area (Å²) in [6.07, 6.45) is -0.555. The maximum Gasteiger partial charge on any atom is 0.246 e. The molecule has 1 aliphatic rings. The van der Waals surface area contributed by atoms with Gasteiger partial charge in [-0.3, -0.25) is 9.69 Å². The fraction of sp³-hybridized carbons (Fsp3) is 0.562. The van der Waals surface area contributed by atoms with Crippen LogP contribution in [-0.2, 0) is 16.1 Å². The van der Waals surface area contributed by atoms with Crippen LogP contribution in [0.25, 0.3) is 0 Å². The molecule has 3 N–H and O–H groups in total. The summed E-state index contributed by atoms with van der Waals surface area (Å²) < 4.78 is 4.72. The highest BCUT2D eigenvalue weighted by Crippen LogP contribution is 2.24. The fourth-order valence-corrected chi connectivity index (χ4v) is 2.91. The third-order valence-electron chi connectivity index (χ3n) is 4.07. The van der Waals surface area contributed by atoms with E-state index in [0.717, 1.165) is 5.56 Å². The number of nitrogens with one attached hydrogen (secondary N) is 1. The average molecular weight is 343 g/mol. The molecule has 1 fully saturated rings. The number of hydrogen-bond acceptors (Lipinski definition) is 5. The molecule has 1 heterocycles. The molecule has 1 amide bonds. The van der Waals surface area contributed by atoms with Crippen molar-refractivity contribution >= 4 is 17.5 Å². The lowest BCUT2D eigenvalue weighted by atomic mass is 9.88. The summed E-state index contributed by atoms with van der Waals surface area (Å²) in [6, 6.07) is 7.57. The van der Waals surface area contributed by atoms with Gasteiger partial charge in [-0.2, -0.15) is 0 Å². The van der Waals surface area contributed by atoms with Crippen LogP contribution in [0.2, 0.25) is 5.02 Å². The van der Waals surface area contributed by atoms with Crippen molar-refractivity contribution in [2.75, 3.05) is 33.4 Å². The van der Waals surface area contributed by atoms with Crippen molar-refractivity contribution < 1.29 is 19.7 Å². The highest BCUT2D eigenvalue weighted by molar-refractivity contribution is 6.30. The Kier molecular flexibility index (Phi) is 6.38. The van der Waals surface area contributed by atoms with Crippen molar-refractivity contribution in [3.8, 4) is 0 Å². The number of amides is 1. The van der Waals surface area contributed by atoms with E-state index in [-0.39, 0.29) is 19.1 Å². The molecular formula is C16H23ClN2O4. The first-order valence-corrected chi connectivity index (χ1v) is 7.93. The number of aliphatic hydroxyl groups is 2. The molecular weight excluding hydrogens is 320 g/mol. The van der Waals surface area contributed by atoms with E-state index >= 15 is 0 Å². The predicted octanol–water partition coefficient (Wildman–Crippen LogP) is 0.400. The molecule has 0 aliphatic carbocycles. The molecule has 128 valence electrons. The van der Waals surface area contributed by atoms with Crippen molar-refractivity contribution in [1.82, 2.24) is 10.2 Å². The first-order chi connectivity index (χ1) is 10.9. The van der Waals surface area contributed by atoms with Crippen molar-refractivity contribution in [1.29, 1.82) is 0 Å². The summed E-state index contributed by atoms with van der Waals surface area (Å²) >= 11 is 5.97. The molecule has 0 unspecified atom stereocenters. The maximum atomic E-state index is 11.4. The van der Waals surface area contributed by atoms with Crippen LogP contribution in [0.1, 0.15) is 12.0 Å². The third kappa shape index (κ3) is 5.16. The number of benzene rings is 1. The highest BCUT2D eigenvalue weighted by atomic mass is 35.5. The second kappa shape index (κ2) is 8.08. The Labute approximate surface area is 141 Å². The Balaban J connectivity index is 1.87. The van der Waals surface area contributed by atoms with Gasteiger partial charge in [-0.25, -0.2) is 0 Å². The van der Waals surface area contributed by atoms with Gasteiger partial charge >= 0.3 is 0 Å². The Bertz CT molecular complexity index is 543. The van der Waals surface area contributed by atoms with Gasteiger partial charge in [-0.05, 0) is 24.1 Å². The largest absolute Gasteiger partial charge is 0.389 e. The number of methoxy groups -OCH3 is 1. The van der Waals surface area contributed by atoms with Crippen LogP contribution >= 0.6 is 11.6 Å². The molecule has 1 aromatic rings. The van der Waals surface area contributed by atoms with Crippen molar-refractivity contribution in [2.45, 2.75) is 24.7 Å². The fourth-order valence-electron chi connectivity index (χ4n) is 2.70. The minimum atomic E-state index is -1.31. The van der Waals surface area contributed by atoms with E-state index in [4.69, 9.17) is 16.3 Å². The average Bonchev–Trinajstić information content (AvgIpc) is 2.50. The second-order valence-corrected chi connectivity index (χ2v) is 6.38. The number of β-amino-alcohol motifs (C(OH)–C–C–N with tert-alkyl or cyclic N) is 1. The molecule has 1 aromatic carbocycles. The van der Waals surface area contributed by atoms with E-state index in [0.29, 0.717) is 31.1 Å². The quantitative estimate of drug-likeness (QED) is 0.697. The number of halogens is 1. The molecule has 0 saturated carbocycles. The first-order valence-electron chi connectivity index (χ1n) is 7.56. The molecule has 2 atom stereocenters. The van der Waals surface area contributed by atoms with Crippen LogP contribution in [-0.4, -0.2) is 66.1 Å². The summed E-state index contributed by atoms with van der Waals surface area (Å²) in [5.41, 5.74) is -0.252. The zero-order chi connectivity index (χ0) is 16.9. The minimum absolute atomic E-state index is 0.0152. The Morgan fingerprint density at radius 1 is 1.57 bits per heavy atom. The van der Waals surface area contributed by atoms with Gasteiger partial charge in [-0.15, -0.1) is 0 Å². The van der Waals surface area contributed by atoms with Gasteiger partial charge in [0.1, 0.15) is 12.2 Å². The van der Waals surface area contributed by atoms with Gasteiger partial charge in [0.05, 0.1) is 6.10 Å². The molecule has 23 heavy (non-hydrogen) atoms. The van der Waals surface area contributed by atoms with Gasteiger partial charge < -0.3 is 20.3 Å². The number of nitrogens with zero attached hydrogens (tertiary/aromatic N) is 1. The number of ether oxygens (including phenoxy) is 1. The lowest BCUT2D eigenvalue weighted by Gasteiger charge is -2.42. The molecule has 0 aromatic heterocycles. The maximum absolute atomic E-state index is 11.4. The van der Waals surface area contributed by atoms with Gasteiger partial charge in [0.2, 0.25) is 5.91 Å². The van der Waals surface area contributed by atoms with E-state index in [1.807, 2.05) is 24.3 Å². The number of rotatable bonds is 6. The van der Waals surface area contributed by atoms with E-state index in [2.05, 4.69) is 10.2 Å². The monoisotopic (exact) mass is 342 g/mol. The Morgan fingerprint density at radius 2 is 2.35 bits per heavy atom. The summed E-state index contributed by atoms with van der Waals surface area (Å²) in [5, 5.41) is 24.1. The normalized spacial score (nSPS) is 25.3. The molecule has 7 heteroatoms. The summed E-state index contributed by atoms with van der Waals surface area (Å²) in [6.45, 7) is 1.57. The molecule has 1 saturated heterocycles. The van der Waals surface area contributed by atoms with Crippen molar-refractivity contribution in [3.63, 3.8) is 0 Å². The Morgan fingerprint density at radius 3 is 3.00 bits per heavy atom. The summed E-state index contributed by atoms with van der Waals surface area (Å²) in [4.78, 5) is 13.5. The van der Waals surface area contributed by atoms with Gasteiger partial charge in [0.25, 0.3) is 0 Å². The minimum Gasteiger partial charge on any atom is -0.389 e. The molecule has 6 nitrogen and oxygen atoms in total. The summed E-state index contributed by atoms with van der Waals surface area (Å²) in [7, 11) is 1.43. The van der Waals surface area contributed by atoms with Crippen molar-refractivity contribution in [2.24, 2.45) is 0 Å². The van der Waals surface area contributed by atoms with Crippen LogP contribution < -0.4 is 5.32 Å². The Hall–Kier alpha value is -1.18. The number of hydrogen-bond donors (Lipinski definition) is 3. The van der Waals surface area contributed by atoms with Crippen molar-refractivity contribution in [3.05, 3.63) is 34.9 Å². The SMILES string of the molecule is COCC(=O)NC[C@]1(O)CCN(Cc2cccc(Cl)c2)C[C@H]1O. The van der Waals surface area contributed by atoms with Gasteiger partial charge in [0, 0.05) is 38.3 Å². The number of carbonyl (C=O) groups excluding carboxylic acids is 1. The lowest BCUT2D eigenvalue weighted by Crippen LogP contribution is -2.60. The van der Waals surface area contributed by atoms with Gasteiger partial charge in [-0.1, -0.05) is 23.7 Å². The second-order valence-electron chi connectivity index (χ2n) is 5.94. The molecule has 0 radical (unpaired) electrons. The molecule has 0 spiro atoms. The number of piperidine rings is 1. The smallest absolute Gasteiger partial charge is 0.246 e. The van der Waals surface area contributed by atoms with Crippen LogP contribution in [0.3, 0.4) is 0 Å². The van der Waals surface area contributed by atoms with Gasteiger partial charge in [0.15, 0.2) is 0 Å². The number of aliphatic hydroxyl groups excluding tert-OH is 1. The van der Waals surface area contributed by atoms with E-state index < -0.39 is 11.7 Å². The molecule has 2 rings (SSSR count). The lowest BCUT2D eigenvalue weighted by molar-refractivity contribution is -0.134. The highest BCUT2D eigenvalue weighted by Gasteiger charge is 2.40. The topological polar surface area (TPSA) is 82.0 Å². The van der Waals surface area contributed by atoms with E-state index in [1.54, 1.807) is 0 Å². The zero-order valence-electron chi connectivity index (χ0n) is 13.2. The van der Waals surface area contributed by atoms with E-state index in [9.17, 15) is 15.0 Å². The van der Waals surface area contributed by atoms with Crippen LogP contribution in [0.15, 0.2) is 24.3 Å². The zero-order valence-corrected chi connectivity index (χ0v) is 13.9. The predicted molar refractivity (Wildman–Crippen MR) is 87.2 cm³/mol.